The zero-order valence-electron chi connectivity index (χ0n) is 30.5. The maximum absolute atomic E-state index is 11.8. The number of carboxylic acids is 1. The molecule has 14 heteroatoms. The molecule has 0 aliphatic rings. The first-order valence-corrected chi connectivity index (χ1v) is 16.2. The van der Waals surface area contributed by atoms with Gasteiger partial charge in [0.1, 0.15) is 17.2 Å². The number of nitro benzene ring substituents is 2. The Balaban J connectivity index is 0.000000385. The van der Waals surface area contributed by atoms with Crippen molar-refractivity contribution in [1.82, 2.24) is 0 Å². The second-order valence-corrected chi connectivity index (χ2v) is 14.0. The van der Waals surface area contributed by atoms with Gasteiger partial charge in [-0.15, -0.1) is 0 Å². The Morgan fingerprint density at radius 2 is 0.941 bits per heavy atom. The van der Waals surface area contributed by atoms with E-state index in [-0.39, 0.29) is 41.6 Å². The van der Waals surface area contributed by atoms with Crippen LogP contribution < -0.4 is 11.5 Å². The summed E-state index contributed by atoms with van der Waals surface area (Å²) in [4.78, 5) is 53.9. The lowest BCUT2D eigenvalue weighted by atomic mass is 10.0. The first kappa shape index (κ1) is 43.7. The molecular weight excluding hydrogens is 660 g/mol. The molecule has 3 aromatic carbocycles. The number of benzene rings is 3. The predicted octanol–water partition coefficient (Wildman–Crippen LogP) is 6.45. The van der Waals surface area contributed by atoms with Crippen LogP contribution in [-0.2, 0) is 43.1 Å². The van der Waals surface area contributed by atoms with Gasteiger partial charge in [0, 0.05) is 30.0 Å². The van der Waals surface area contributed by atoms with Crippen LogP contribution in [0.2, 0.25) is 0 Å². The van der Waals surface area contributed by atoms with Gasteiger partial charge in [0.15, 0.2) is 0 Å². The SMILES string of the molecule is C[C@@H](Cc1ccc(N)cc1)C(=O)OC(C)(C)C.C[C@@H](Cc1ccc([N+](=O)[O-])cc1)C(=O)OC(C)(C)C.N[C@@H](Cc1ccc([N+](=O)[O-])cc1)C(=O)O. The third kappa shape index (κ3) is 18.3. The summed E-state index contributed by atoms with van der Waals surface area (Å²) in [6.45, 7) is 14.8. The maximum Gasteiger partial charge on any atom is 0.320 e. The monoisotopic (exact) mass is 710 g/mol. The molecule has 0 aromatic heterocycles. The number of hydrogen-bond acceptors (Lipinski definition) is 11. The molecule has 0 saturated carbocycles. The quantitative estimate of drug-likeness (QED) is 0.0843. The summed E-state index contributed by atoms with van der Waals surface area (Å²) in [5, 5.41) is 29.4. The normalized spacial score (nSPS) is 12.7. The van der Waals surface area contributed by atoms with Crippen LogP contribution in [0.25, 0.3) is 0 Å². The van der Waals surface area contributed by atoms with E-state index >= 15 is 0 Å². The summed E-state index contributed by atoms with van der Waals surface area (Å²) in [5.41, 5.74) is 13.4. The van der Waals surface area contributed by atoms with Crippen molar-refractivity contribution in [3.05, 3.63) is 110 Å². The fourth-order valence-electron chi connectivity index (χ4n) is 4.18. The van der Waals surface area contributed by atoms with Gasteiger partial charge in [-0.25, -0.2) is 0 Å². The van der Waals surface area contributed by atoms with Crippen molar-refractivity contribution in [2.75, 3.05) is 5.73 Å². The molecule has 5 N–H and O–H groups in total. The molecule has 0 spiro atoms. The van der Waals surface area contributed by atoms with Crippen molar-refractivity contribution in [3.63, 3.8) is 0 Å². The number of carbonyl (C=O) groups excluding carboxylic acids is 2. The molecule has 0 heterocycles. The molecule has 3 atom stereocenters. The number of anilines is 1. The Kier molecular flexibility index (Phi) is 16.9. The molecule has 0 fully saturated rings. The number of nitrogens with zero attached hydrogens (tertiary/aromatic N) is 2. The minimum atomic E-state index is -1.09. The molecular formula is C37H50N4O10. The van der Waals surface area contributed by atoms with Crippen LogP contribution in [0, 0.1) is 32.1 Å². The van der Waals surface area contributed by atoms with E-state index in [2.05, 4.69) is 0 Å². The smallest absolute Gasteiger partial charge is 0.320 e. The zero-order chi connectivity index (χ0) is 39.1. The molecule has 0 unspecified atom stereocenters. The highest BCUT2D eigenvalue weighted by Gasteiger charge is 2.23. The number of carbonyl (C=O) groups is 3. The third-order valence-electron chi connectivity index (χ3n) is 6.75. The Morgan fingerprint density at radius 3 is 1.22 bits per heavy atom. The van der Waals surface area contributed by atoms with E-state index in [1.54, 1.807) is 19.1 Å². The Bertz CT molecular complexity index is 1590. The second-order valence-electron chi connectivity index (χ2n) is 14.0. The van der Waals surface area contributed by atoms with E-state index in [0.29, 0.717) is 18.4 Å². The van der Waals surface area contributed by atoms with Gasteiger partial charge in [-0.1, -0.05) is 50.2 Å². The lowest BCUT2D eigenvalue weighted by Gasteiger charge is -2.22. The first-order valence-electron chi connectivity index (χ1n) is 16.2. The van der Waals surface area contributed by atoms with Gasteiger partial charge in [-0.3, -0.25) is 34.6 Å². The molecule has 3 aromatic rings. The number of ether oxygens (including phenoxy) is 2. The van der Waals surface area contributed by atoms with Crippen molar-refractivity contribution in [2.45, 2.75) is 91.9 Å². The molecule has 0 saturated heterocycles. The summed E-state index contributed by atoms with van der Waals surface area (Å²) in [7, 11) is 0. The van der Waals surface area contributed by atoms with Crippen LogP contribution in [0.1, 0.15) is 72.1 Å². The van der Waals surface area contributed by atoms with Gasteiger partial charge in [0.25, 0.3) is 11.4 Å². The van der Waals surface area contributed by atoms with Crippen molar-refractivity contribution in [2.24, 2.45) is 17.6 Å². The highest BCUT2D eigenvalue weighted by Crippen LogP contribution is 2.19. The summed E-state index contributed by atoms with van der Waals surface area (Å²) < 4.78 is 10.6. The van der Waals surface area contributed by atoms with Crippen LogP contribution in [0.15, 0.2) is 72.8 Å². The fourth-order valence-corrected chi connectivity index (χ4v) is 4.18. The fraction of sp³-hybridized carbons (Fsp3) is 0.432. The van der Waals surface area contributed by atoms with E-state index in [1.165, 1.54) is 36.4 Å². The lowest BCUT2D eigenvalue weighted by Crippen LogP contribution is -2.32. The maximum atomic E-state index is 11.8. The average Bonchev–Trinajstić information content (AvgIpc) is 3.01. The number of carboxylic acid groups (broad SMARTS) is 1. The molecule has 0 bridgehead atoms. The number of nitrogens with two attached hydrogens (primary N) is 2. The summed E-state index contributed by atoms with van der Waals surface area (Å²) in [6, 6.07) is 18.5. The Labute approximate surface area is 298 Å². The van der Waals surface area contributed by atoms with E-state index in [9.17, 15) is 34.6 Å². The molecule has 0 aliphatic heterocycles. The standard InChI is InChI=1S/C14H19NO4.C14H21NO2.C9H10N2O4/c1-10(13(16)19-14(2,3)4)9-11-5-7-12(8-6-11)15(17)18;1-10(13(16)17-14(2,3)4)9-11-5-7-12(15)8-6-11;10-8(9(12)13)5-6-1-3-7(4-2-6)11(14)15/h5-8,10H,9H2,1-4H3;5-8,10H,9,15H2,1-4H3;1-4,8H,5,10H2,(H,12,13)/t2*10-;8-/m000/s1. The average molecular weight is 711 g/mol. The highest BCUT2D eigenvalue weighted by molar-refractivity contribution is 5.74. The first-order chi connectivity index (χ1) is 23.5. The summed E-state index contributed by atoms with van der Waals surface area (Å²) in [5.74, 6) is -1.92. The van der Waals surface area contributed by atoms with Crippen molar-refractivity contribution in [1.29, 1.82) is 0 Å². The van der Waals surface area contributed by atoms with E-state index in [4.69, 9.17) is 26.0 Å². The van der Waals surface area contributed by atoms with Gasteiger partial charge in [0.2, 0.25) is 0 Å². The number of nitrogen functional groups attached to an aromatic ring is 1. The molecule has 0 aliphatic carbocycles. The molecule has 0 amide bonds. The molecule has 0 radical (unpaired) electrons. The van der Waals surface area contributed by atoms with E-state index in [1.807, 2.05) is 72.7 Å². The van der Waals surface area contributed by atoms with Gasteiger partial charge in [0.05, 0.1) is 21.7 Å². The third-order valence-corrected chi connectivity index (χ3v) is 6.75. The van der Waals surface area contributed by atoms with Crippen LogP contribution >= 0.6 is 0 Å². The predicted molar refractivity (Wildman–Crippen MR) is 194 cm³/mol. The van der Waals surface area contributed by atoms with Crippen LogP contribution in [0.5, 0.6) is 0 Å². The number of nitro groups is 2. The molecule has 3 rings (SSSR count). The highest BCUT2D eigenvalue weighted by atomic mass is 16.6. The summed E-state index contributed by atoms with van der Waals surface area (Å²) >= 11 is 0. The van der Waals surface area contributed by atoms with Crippen molar-refractivity contribution < 1.29 is 38.8 Å². The van der Waals surface area contributed by atoms with Crippen LogP contribution in [-0.4, -0.2) is 50.1 Å². The molecule has 14 nitrogen and oxygen atoms in total. The zero-order valence-corrected chi connectivity index (χ0v) is 30.5. The Hall–Kier alpha value is -5.37. The van der Waals surface area contributed by atoms with Crippen LogP contribution in [0.3, 0.4) is 0 Å². The van der Waals surface area contributed by atoms with Gasteiger partial charge >= 0.3 is 17.9 Å². The van der Waals surface area contributed by atoms with E-state index in [0.717, 1.165) is 16.8 Å². The molecule has 51 heavy (non-hydrogen) atoms. The van der Waals surface area contributed by atoms with Crippen molar-refractivity contribution in [3.8, 4) is 0 Å². The number of hydrogen-bond donors (Lipinski definition) is 3. The van der Waals surface area contributed by atoms with Crippen molar-refractivity contribution >= 4 is 35.0 Å². The number of rotatable bonds is 11. The van der Waals surface area contributed by atoms with Gasteiger partial charge in [-0.05, 0) is 89.6 Å². The van der Waals surface area contributed by atoms with E-state index < -0.39 is 33.1 Å². The number of esters is 2. The Morgan fingerprint density at radius 1 is 0.647 bits per heavy atom. The van der Waals surface area contributed by atoms with Crippen LogP contribution in [0.4, 0.5) is 17.1 Å². The topological polar surface area (TPSA) is 228 Å². The lowest BCUT2D eigenvalue weighted by molar-refractivity contribution is -0.385. The second kappa shape index (κ2) is 19.7. The number of non-ortho nitro benzene ring substituents is 2. The van der Waals surface area contributed by atoms with Gasteiger partial charge in [-0.2, -0.15) is 0 Å². The summed E-state index contributed by atoms with van der Waals surface area (Å²) in [6.07, 6.45) is 1.34. The minimum Gasteiger partial charge on any atom is -0.480 e. The largest absolute Gasteiger partial charge is 0.480 e. The number of aliphatic carboxylic acids is 1. The van der Waals surface area contributed by atoms with Gasteiger partial charge < -0.3 is 26.0 Å². The minimum absolute atomic E-state index is 0.0253. The molecule has 278 valence electrons.